The molecule has 0 radical (unpaired) electrons. The largest absolute Gasteiger partial charge is 0.497 e. The fourth-order valence-corrected chi connectivity index (χ4v) is 18.6. The number of aromatic nitrogens is 24. The molecule has 0 aliphatic heterocycles. The van der Waals surface area contributed by atoms with Gasteiger partial charge in [0, 0.05) is 109 Å². The van der Waals surface area contributed by atoms with E-state index in [1.807, 2.05) is 295 Å². The molecule has 12 aromatic heterocycles. The van der Waals surface area contributed by atoms with E-state index in [2.05, 4.69) is 118 Å². The van der Waals surface area contributed by atoms with Crippen LogP contribution in [0.1, 0.15) is 11.1 Å². The molecule has 0 unspecified atom stereocenters. The predicted molar refractivity (Wildman–Crippen MR) is 576 cm³/mol. The molecule has 12 heterocycles. The average Bonchev–Trinajstić information content (AvgIpc) is 1.65. The molecule has 24 rings (SSSR count). The van der Waals surface area contributed by atoms with Crippen molar-refractivity contribution in [3.63, 3.8) is 0 Å². The number of hydrogen-bond donors (Lipinski definition) is 0. The van der Waals surface area contributed by atoms with Gasteiger partial charge in [0.05, 0.1) is 76.7 Å². The Morgan fingerprint density at radius 1 is 0.192 bits per heavy atom. The lowest BCUT2D eigenvalue weighted by Gasteiger charge is -2.07. The molecular formula is C112H84Cl6F2N24O2. The Kier molecular flexibility index (Phi) is 28.9. The highest BCUT2D eigenvalue weighted by molar-refractivity contribution is 6.42. The first-order valence-electron chi connectivity index (χ1n) is 45.6. The van der Waals surface area contributed by atoms with Crippen molar-refractivity contribution in [2.75, 3.05) is 14.2 Å². The highest BCUT2D eigenvalue weighted by atomic mass is 35.5. The molecule has 0 aliphatic rings. The van der Waals surface area contributed by atoms with Gasteiger partial charge in [0.15, 0.2) is 33.9 Å². The fourth-order valence-electron chi connectivity index (χ4n) is 16.7. The molecule has 0 N–H and O–H groups in total. The van der Waals surface area contributed by atoms with Gasteiger partial charge >= 0.3 is 0 Å². The minimum atomic E-state index is -0.347. The third-order valence-electron chi connectivity index (χ3n) is 24.0. The molecule has 34 heteroatoms. The molecule has 0 bridgehead atoms. The van der Waals surface area contributed by atoms with Crippen LogP contribution in [0.25, 0.3) is 201 Å². The Bertz CT molecular complexity index is 8900. The standard InChI is InChI=1S/C20H17ClN4O2.2C19H15ClN4.2C18H12ClFN4.C18H13ClN4/c1-25-20-16(18(24-25)13-5-4-6-15(11-13)27-3)17(21)19(22-23-20)12-7-9-14(26-2)10-8-12;1-12-7-6-10-14(11-12)17-15-16(20)18(13-8-4-3-5-9-13)21-22-19(15)24(2)23-17;1-12-8-10-14(11-9-12)18-16(20)15-17(13-6-4-3-5-7-13)23-24(2)19(15)22-21-18;1-24-18-14(16(23-24)11-6-3-2-4-7-11)15(19)17(21-22-18)12-8-5-9-13(20)10-12;1-24-18-14(16(23-24)12-7-9-13(20)10-8-12)15(19)17(21-22-18)11-5-3-2-4-6-11;1-23-18-14(16(22-23)12-8-4-2-5-9-12)15(19)17(20-21-18)13-10-6-3-7-11-13/h4-11H,1-3H3;2*3-11H,1-2H3;2*2-10H,1H3;2-11H,1H3. The lowest BCUT2D eigenvalue weighted by molar-refractivity contribution is 0.415. The molecule has 0 amide bonds. The van der Waals surface area contributed by atoms with Crippen molar-refractivity contribution in [1.29, 1.82) is 0 Å². The molecule has 0 saturated heterocycles. The zero-order valence-electron chi connectivity index (χ0n) is 79.8. The molecule has 0 spiro atoms. The lowest BCUT2D eigenvalue weighted by Crippen LogP contribution is -1.96. The number of rotatable bonds is 14. The Hall–Kier alpha value is -16.9. The third-order valence-corrected chi connectivity index (χ3v) is 26.2. The van der Waals surface area contributed by atoms with Crippen molar-refractivity contribution in [3.8, 4) is 147 Å². The highest BCUT2D eigenvalue weighted by Gasteiger charge is 2.28. The molecule has 26 nitrogen and oxygen atoms in total. The summed E-state index contributed by atoms with van der Waals surface area (Å²) >= 11 is 40.2. The number of nitrogens with zero attached hydrogens (tertiary/aromatic N) is 24. The highest BCUT2D eigenvalue weighted by Crippen LogP contribution is 2.45. The fraction of sp³-hybridized carbons (Fsp3) is 0.0893. The van der Waals surface area contributed by atoms with Crippen LogP contribution in [-0.4, -0.2) is 134 Å². The van der Waals surface area contributed by atoms with Gasteiger partial charge in [0.25, 0.3) is 0 Å². The summed E-state index contributed by atoms with van der Waals surface area (Å²) in [7, 11) is 14.2. The van der Waals surface area contributed by atoms with E-state index in [-0.39, 0.29) is 11.6 Å². The summed E-state index contributed by atoms with van der Waals surface area (Å²) in [6, 6.07) is 103. The van der Waals surface area contributed by atoms with Crippen molar-refractivity contribution < 1.29 is 18.3 Å². The summed E-state index contributed by atoms with van der Waals surface area (Å²) in [5, 5.41) is 86.9. The van der Waals surface area contributed by atoms with Gasteiger partial charge in [-0.05, 0) is 92.7 Å². The first kappa shape index (κ1) is 97.9. The normalized spacial score (nSPS) is 11.1. The minimum Gasteiger partial charge on any atom is -0.497 e. The predicted octanol–water partition coefficient (Wildman–Crippen LogP) is 27.0. The van der Waals surface area contributed by atoms with Crippen LogP contribution in [0.5, 0.6) is 11.5 Å². The maximum atomic E-state index is 13.5. The van der Waals surface area contributed by atoms with Gasteiger partial charge in [0.1, 0.15) is 91.5 Å². The van der Waals surface area contributed by atoms with E-state index >= 15 is 0 Å². The van der Waals surface area contributed by atoms with Crippen LogP contribution in [0.15, 0.2) is 328 Å². The Morgan fingerprint density at radius 2 is 0.411 bits per heavy atom. The molecular weight excluding hydrogens is 1960 g/mol. The molecule has 146 heavy (non-hydrogen) atoms. The van der Waals surface area contributed by atoms with Crippen LogP contribution in [-0.2, 0) is 42.3 Å². The van der Waals surface area contributed by atoms with Crippen LogP contribution >= 0.6 is 69.6 Å². The zero-order chi connectivity index (χ0) is 102. The lowest BCUT2D eigenvalue weighted by atomic mass is 10.1. The maximum Gasteiger partial charge on any atom is 0.182 e. The summed E-state index contributed by atoms with van der Waals surface area (Å²) in [6.45, 7) is 4.11. The maximum absolute atomic E-state index is 13.5. The Morgan fingerprint density at radius 3 is 0.692 bits per heavy atom. The van der Waals surface area contributed by atoms with Crippen LogP contribution in [0, 0.1) is 25.5 Å². The van der Waals surface area contributed by atoms with E-state index in [1.165, 1.54) is 35.4 Å². The van der Waals surface area contributed by atoms with Crippen molar-refractivity contribution in [2.24, 2.45) is 42.3 Å². The number of aryl methyl sites for hydroxylation is 8. The molecule has 0 aliphatic carbocycles. The first-order chi connectivity index (χ1) is 71.0. The second-order valence-electron chi connectivity index (χ2n) is 33.6. The number of halogens is 8. The number of hydrogen-bond acceptors (Lipinski definition) is 20. The number of ether oxygens (including phenoxy) is 2. The minimum absolute atomic E-state index is 0.296. The van der Waals surface area contributed by atoms with Gasteiger partial charge in [-0.25, -0.2) is 36.9 Å². The average molecular weight is 2050 g/mol. The summed E-state index contributed by atoms with van der Waals surface area (Å²) in [6.07, 6.45) is 0. The molecule has 0 fully saturated rings. The van der Waals surface area contributed by atoms with Crippen LogP contribution < -0.4 is 9.47 Å². The monoisotopic (exact) mass is 2040 g/mol. The van der Waals surface area contributed by atoms with Gasteiger partial charge in [-0.2, -0.15) is 30.6 Å². The Balaban J connectivity index is 0.000000111. The van der Waals surface area contributed by atoms with Crippen LogP contribution in [0.3, 0.4) is 0 Å². The molecule has 720 valence electrons. The van der Waals surface area contributed by atoms with E-state index in [4.69, 9.17) is 79.1 Å². The summed E-state index contributed by atoms with van der Waals surface area (Å²) in [4.78, 5) is 0. The van der Waals surface area contributed by atoms with Crippen molar-refractivity contribution in [3.05, 3.63) is 380 Å². The first-order valence-corrected chi connectivity index (χ1v) is 47.8. The van der Waals surface area contributed by atoms with Gasteiger partial charge in [-0.15, -0.1) is 61.2 Å². The zero-order valence-corrected chi connectivity index (χ0v) is 84.3. The quantitative estimate of drug-likeness (QED) is 0.0977. The third kappa shape index (κ3) is 20.1. The van der Waals surface area contributed by atoms with Crippen molar-refractivity contribution in [1.82, 2.24) is 120 Å². The number of fused-ring (bicyclic) bond motifs is 6. The topological polar surface area (TPSA) is 280 Å². The van der Waals surface area contributed by atoms with E-state index < -0.39 is 0 Å². The van der Waals surface area contributed by atoms with E-state index in [1.54, 1.807) is 80.7 Å². The van der Waals surface area contributed by atoms with Crippen LogP contribution in [0.4, 0.5) is 8.78 Å². The summed E-state index contributed by atoms with van der Waals surface area (Å²) in [5.74, 6) is 0.872. The second-order valence-corrected chi connectivity index (χ2v) is 35.9. The number of benzene rings is 12. The molecule has 12 aromatic carbocycles. The number of methoxy groups -OCH3 is 2. The Labute approximate surface area is 865 Å². The molecule has 0 saturated carbocycles. The van der Waals surface area contributed by atoms with Gasteiger partial charge in [-0.1, -0.05) is 329 Å². The van der Waals surface area contributed by atoms with Gasteiger partial charge in [0.2, 0.25) is 0 Å². The summed E-state index contributed by atoms with van der Waals surface area (Å²) < 4.78 is 47.4. The van der Waals surface area contributed by atoms with Crippen molar-refractivity contribution >= 4 is 136 Å². The van der Waals surface area contributed by atoms with Gasteiger partial charge < -0.3 is 9.47 Å². The van der Waals surface area contributed by atoms with Crippen LogP contribution in [0.2, 0.25) is 30.1 Å². The smallest absolute Gasteiger partial charge is 0.182 e. The van der Waals surface area contributed by atoms with E-state index in [0.29, 0.717) is 120 Å². The van der Waals surface area contributed by atoms with Crippen molar-refractivity contribution in [2.45, 2.75) is 13.8 Å². The van der Waals surface area contributed by atoms with E-state index in [0.717, 1.165) is 123 Å². The molecule has 0 atom stereocenters. The molecule has 24 aromatic rings. The SMILES string of the molecule is COc1ccc(-c2nnc3c(c(-c4cccc(OC)c4)nn3C)c2Cl)cc1.Cc1ccc(-c2nnc3c(c(-c4ccccc4)nn3C)c2Cl)cc1.Cc1cccc(-c2nn(C)c3nnc(-c4ccccc4)c(Cl)c23)c1.Cn1nc(-c2ccc(F)cc2)c2c(Cl)c(-c3ccccc3)nnc21.Cn1nc(-c2ccccc2)c2c(Cl)c(-c3cccc(F)c3)nnc21.Cn1nc(-c2ccccc2)c2c(Cl)c(-c3ccccc3)nnc21. The summed E-state index contributed by atoms with van der Waals surface area (Å²) in [5.41, 5.74) is 25.2. The van der Waals surface area contributed by atoms with E-state index in [9.17, 15) is 8.78 Å². The van der Waals surface area contributed by atoms with Gasteiger partial charge in [-0.3, -0.25) is 0 Å². The second kappa shape index (κ2) is 43.1.